The molecule has 0 N–H and O–H groups in total. The number of aromatic nitrogens is 1. The molecule has 1 aliphatic rings. The fourth-order valence-corrected chi connectivity index (χ4v) is 4.51. The zero-order valence-corrected chi connectivity index (χ0v) is 18.4. The van der Waals surface area contributed by atoms with Gasteiger partial charge in [0.25, 0.3) is 11.1 Å². The number of ether oxygens (including phenoxy) is 1. The highest BCUT2D eigenvalue weighted by molar-refractivity contribution is 8.18. The standard InChI is InChI=1S/C24H21ClN2O3S/c1-2-12-27-23(28)22(31-24(27)29)15-17-16-26(20-10-5-3-8-18(17)20)13-7-14-30-21-11-6-4-9-19(21)25/h2-6,8-11,15-16H,1,7,12-14H2/b22-15-. The summed E-state index contributed by atoms with van der Waals surface area (Å²) in [5.41, 5.74) is 1.98. The highest BCUT2D eigenvalue weighted by Crippen LogP contribution is 2.34. The molecule has 0 unspecified atom stereocenters. The monoisotopic (exact) mass is 452 g/mol. The van der Waals surface area contributed by atoms with Gasteiger partial charge in [0, 0.05) is 35.8 Å². The van der Waals surface area contributed by atoms with Crippen molar-refractivity contribution in [2.45, 2.75) is 13.0 Å². The molecule has 31 heavy (non-hydrogen) atoms. The van der Waals surface area contributed by atoms with Gasteiger partial charge in [-0.1, -0.05) is 48.0 Å². The zero-order chi connectivity index (χ0) is 21.8. The van der Waals surface area contributed by atoms with Crippen molar-refractivity contribution in [3.05, 3.63) is 82.9 Å². The number of hydrogen-bond acceptors (Lipinski definition) is 4. The van der Waals surface area contributed by atoms with Crippen LogP contribution in [0.3, 0.4) is 0 Å². The first kappa shape index (κ1) is 21.3. The Kier molecular flexibility index (Phi) is 6.49. The minimum absolute atomic E-state index is 0.217. The Balaban J connectivity index is 1.51. The first-order chi connectivity index (χ1) is 15.1. The van der Waals surface area contributed by atoms with Crippen LogP contribution in [0, 0.1) is 0 Å². The van der Waals surface area contributed by atoms with Gasteiger partial charge in [-0.25, -0.2) is 0 Å². The Morgan fingerprint density at radius 2 is 1.87 bits per heavy atom. The van der Waals surface area contributed by atoms with E-state index in [1.165, 1.54) is 4.90 Å². The Labute approximate surface area is 189 Å². The fourth-order valence-electron chi connectivity index (χ4n) is 3.48. The number of aryl methyl sites for hydroxylation is 1. The van der Waals surface area contributed by atoms with Crippen molar-refractivity contribution >= 4 is 51.5 Å². The number of imide groups is 1. The highest BCUT2D eigenvalue weighted by atomic mass is 35.5. The van der Waals surface area contributed by atoms with Gasteiger partial charge in [0.2, 0.25) is 0 Å². The van der Waals surface area contributed by atoms with E-state index in [0.29, 0.717) is 22.3 Å². The van der Waals surface area contributed by atoms with Gasteiger partial charge in [0.15, 0.2) is 0 Å². The minimum atomic E-state index is -0.278. The van der Waals surface area contributed by atoms with Gasteiger partial charge in [-0.2, -0.15) is 0 Å². The first-order valence-electron chi connectivity index (χ1n) is 9.90. The quantitative estimate of drug-likeness (QED) is 0.239. The van der Waals surface area contributed by atoms with E-state index in [4.69, 9.17) is 16.3 Å². The predicted molar refractivity (Wildman–Crippen MR) is 126 cm³/mol. The summed E-state index contributed by atoms with van der Waals surface area (Å²) >= 11 is 7.10. The van der Waals surface area contributed by atoms with Crippen molar-refractivity contribution < 1.29 is 14.3 Å². The number of halogens is 1. The molecule has 0 bridgehead atoms. The number of carbonyl (C=O) groups excluding carboxylic acids is 2. The number of fused-ring (bicyclic) bond motifs is 1. The molecule has 2 amide bonds. The Morgan fingerprint density at radius 1 is 1.10 bits per heavy atom. The molecule has 4 rings (SSSR count). The van der Waals surface area contributed by atoms with Gasteiger partial charge >= 0.3 is 0 Å². The van der Waals surface area contributed by atoms with Crippen LogP contribution >= 0.6 is 23.4 Å². The number of carbonyl (C=O) groups is 2. The zero-order valence-electron chi connectivity index (χ0n) is 16.8. The van der Waals surface area contributed by atoms with Gasteiger partial charge in [0.05, 0.1) is 16.5 Å². The Hall–Kier alpha value is -2.96. The topological polar surface area (TPSA) is 51.5 Å². The van der Waals surface area contributed by atoms with Crippen LogP contribution in [-0.2, 0) is 11.3 Å². The predicted octanol–water partition coefficient (Wildman–Crippen LogP) is 5.99. The minimum Gasteiger partial charge on any atom is -0.492 e. The van der Waals surface area contributed by atoms with Gasteiger partial charge in [0.1, 0.15) is 5.75 Å². The number of benzene rings is 2. The van der Waals surface area contributed by atoms with Crippen molar-refractivity contribution in [2.24, 2.45) is 0 Å². The summed E-state index contributed by atoms with van der Waals surface area (Å²) in [6.45, 7) is 5.11. The third-order valence-corrected chi connectivity index (χ3v) is 6.15. The van der Waals surface area contributed by atoms with Crippen molar-refractivity contribution in [2.75, 3.05) is 13.2 Å². The second kappa shape index (κ2) is 9.45. The lowest BCUT2D eigenvalue weighted by atomic mass is 10.1. The van der Waals surface area contributed by atoms with E-state index in [1.54, 1.807) is 18.2 Å². The number of nitrogens with zero attached hydrogens (tertiary/aromatic N) is 2. The van der Waals surface area contributed by atoms with Crippen molar-refractivity contribution in [1.29, 1.82) is 0 Å². The SMILES string of the molecule is C=CCN1C(=O)S/C(=C\c2cn(CCCOc3ccccc3Cl)c3ccccc23)C1=O. The maximum absolute atomic E-state index is 12.6. The van der Waals surface area contributed by atoms with Crippen LogP contribution in [0.1, 0.15) is 12.0 Å². The molecule has 0 saturated carbocycles. The fraction of sp³-hybridized carbons (Fsp3) is 0.167. The van der Waals surface area contributed by atoms with Crippen LogP contribution in [-0.4, -0.2) is 33.8 Å². The van der Waals surface area contributed by atoms with Gasteiger partial charge in [-0.3, -0.25) is 14.5 Å². The molecule has 2 aromatic carbocycles. The van der Waals surface area contributed by atoms with Crippen LogP contribution in [0.5, 0.6) is 5.75 Å². The lowest BCUT2D eigenvalue weighted by molar-refractivity contribution is -0.122. The van der Waals surface area contributed by atoms with E-state index in [0.717, 1.165) is 41.2 Å². The molecule has 1 aliphatic heterocycles. The Bertz CT molecular complexity index is 1180. The molecule has 2 heterocycles. The molecule has 5 nitrogen and oxygen atoms in total. The van der Waals surface area contributed by atoms with Crippen LogP contribution in [0.25, 0.3) is 17.0 Å². The summed E-state index contributed by atoms with van der Waals surface area (Å²) in [5.74, 6) is 0.400. The highest BCUT2D eigenvalue weighted by Gasteiger charge is 2.34. The average Bonchev–Trinajstić information content (AvgIpc) is 3.25. The molecular weight excluding hydrogens is 432 g/mol. The van der Waals surface area contributed by atoms with Crippen LogP contribution in [0.15, 0.2) is 72.3 Å². The van der Waals surface area contributed by atoms with Crippen molar-refractivity contribution in [3.8, 4) is 5.75 Å². The van der Waals surface area contributed by atoms with Crippen LogP contribution in [0.2, 0.25) is 5.02 Å². The van der Waals surface area contributed by atoms with E-state index in [9.17, 15) is 9.59 Å². The molecule has 7 heteroatoms. The summed E-state index contributed by atoms with van der Waals surface area (Å²) in [4.78, 5) is 26.3. The van der Waals surface area contributed by atoms with Gasteiger partial charge < -0.3 is 9.30 Å². The van der Waals surface area contributed by atoms with Crippen molar-refractivity contribution in [3.63, 3.8) is 0 Å². The average molecular weight is 453 g/mol. The van der Waals surface area contributed by atoms with Crippen LogP contribution < -0.4 is 4.74 Å². The number of hydrogen-bond donors (Lipinski definition) is 0. The number of thioether (sulfide) groups is 1. The number of rotatable bonds is 8. The summed E-state index contributed by atoms with van der Waals surface area (Å²) in [7, 11) is 0. The second-order valence-corrected chi connectivity index (χ2v) is 8.41. The largest absolute Gasteiger partial charge is 0.492 e. The maximum Gasteiger partial charge on any atom is 0.293 e. The van der Waals surface area contributed by atoms with E-state index in [2.05, 4.69) is 11.1 Å². The molecule has 0 spiro atoms. The smallest absolute Gasteiger partial charge is 0.293 e. The molecule has 1 saturated heterocycles. The molecule has 0 radical (unpaired) electrons. The first-order valence-corrected chi connectivity index (χ1v) is 11.1. The molecule has 0 aliphatic carbocycles. The normalized spacial score (nSPS) is 15.3. The Morgan fingerprint density at radius 3 is 2.68 bits per heavy atom. The summed E-state index contributed by atoms with van der Waals surface area (Å²) in [5, 5.41) is 1.36. The lowest BCUT2D eigenvalue weighted by Crippen LogP contribution is -2.27. The van der Waals surface area contributed by atoms with E-state index < -0.39 is 0 Å². The van der Waals surface area contributed by atoms with E-state index >= 15 is 0 Å². The summed E-state index contributed by atoms with van der Waals surface area (Å²) in [6, 6.07) is 15.4. The lowest BCUT2D eigenvalue weighted by Gasteiger charge is -2.09. The van der Waals surface area contributed by atoms with E-state index in [1.807, 2.05) is 48.7 Å². The third-order valence-electron chi connectivity index (χ3n) is 4.93. The van der Waals surface area contributed by atoms with E-state index in [-0.39, 0.29) is 17.7 Å². The van der Waals surface area contributed by atoms with Gasteiger partial charge in [-0.15, -0.1) is 6.58 Å². The molecule has 1 aromatic heterocycles. The number of para-hydroxylation sites is 2. The summed E-state index contributed by atoms with van der Waals surface area (Å²) < 4.78 is 7.93. The molecule has 158 valence electrons. The second-order valence-electron chi connectivity index (χ2n) is 7.01. The summed E-state index contributed by atoms with van der Waals surface area (Å²) in [6.07, 6.45) is 6.16. The number of amides is 2. The van der Waals surface area contributed by atoms with Gasteiger partial charge in [-0.05, 0) is 42.5 Å². The molecule has 1 fully saturated rings. The molecular formula is C24H21ClN2O3S. The maximum atomic E-state index is 12.6. The third kappa shape index (κ3) is 4.55. The van der Waals surface area contributed by atoms with Crippen molar-refractivity contribution in [1.82, 2.24) is 9.47 Å². The molecule has 0 atom stereocenters. The molecule has 3 aromatic rings. The van der Waals surface area contributed by atoms with Crippen LogP contribution in [0.4, 0.5) is 4.79 Å².